The third-order valence-electron chi connectivity index (χ3n) is 2.89. The van der Waals surface area contributed by atoms with E-state index in [1.165, 1.54) is 38.5 Å². The molecule has 0 spiro atoms. The van der Waals surface area contributed by atoms with Gasteiger partial charge in [0, 0.05) is 16.7 Å². The molecule has 0 N–H and O–H groups in total. The van der Waals surface area contributed by atoms with Crippen molar-refractivity contribution in [2.24, 2.45) is 0 Å². The molecule has 2 aromatic rings. The lowest BCUT2D eigenvalue weighted by Crippen LogP contribution is -2.06. The Hall–Kier alpha value is -1.78. The predicted octanol–water partition coefficient (Wildman–Crippen LogP) is 4.38. The van der Waals surface area contributed by atoms with Crippen molar-refractivity contribution >= 4 is 29.0 Å². The van der Waals surface area contributed by atoms with Crippen LogP contribution in [0.1, 0.15) is 15.9 Å². The fourth-order valence-corrected chi connectivity index (χ4v) is 2.25. The number of rotatable bonds is 4. The van der Waals surface area contributed by atoms with Crippen LogP contribution in [0.2, 0.25) is 10.0 Å². The highest BCUT2D eigenvalue weighted by atomic mass is 35.5. The molecule has 0 aliphatic heterocycles. The van der Waals surface area contributed by atoms with Gasteiger partial charge in [0.15, 0.2) is 17.3 Å². The minimum Gasteiger partial charge on any atom is -0.493 e. The van der Waals surface area contributed by atoms with Crippen LogP contribution < -0.4 is 9.47 Å². The van der Waals surface area contributed by atoms with Gasteiger partial charge in [-0.25, -0.2) is 4.39 Å². The summed E-state index contributed by atoms with van der Waals surface area (Å²) < 4.78 is 24.0. The highest BCUT2D eigenvalue weighted by Crippen LogP contribution is 2.34. The largest absolute Gasteiger partial charge is 0.493 e. The summed E-state index contributed by atoms with van der Waals surface area (Å²) in [6.07, 6.45) is 0. The molecule has 0 unspecified atom stereocenters. The van der Waals surface area contributed by atoms with Crippen LogP contribution in [0, 0.1) is 5.82 Å². The maximum atomic E-state index is 13.8. The molecule has 0 heterocycles. The van der Waals surface area contributed by atoms with Gasteiger partial charge in [0.1, 0.15) is 5.82 Å². The number of hydrogen-bond donors (Lipinski definition) is 0. The highest BCUT2D eigenvalue weighted by Gasteiger charge is 2.20. The van der Waals surface area contributed by atoms with E-state index < -0.39 is 11.6 Å². The number of ether oxygens (including phenoxy) is 2. The van der Waals surface area contributed by atoms with Gasteiger partial charge in [-0.15, -0.1) is 0 Å². The van der Waals surface area contributed by atoms with Crippen molar-refractivity contribution in [3.8, 4) is 11.5 Å². The summed E-state index contributed by atoms with van der Waals surface area (Å²) in [4.78, 5) is 12.4. The van der Waals surface area contributed by atoms with Gasteiger partial charge in [0.05, 0.1) is 24.8 Å². The molecular formula is C15H11Cl2FO3. The summed E-state index contributed by atoms with van der Waals surface area (Å²) >= 11 is 11.7. The first kappa shape index (κ1) is 15.6. The molecule has 21 heavy (non-hydrogen) atoms. The summed E-state index contributed by atoms with van der Waals surface area (Å²) in [7, 11) is 2.89. The Bertz CT molecular complexity index is 702. The van der Waals surface area contributed by atoms with Crippen LogP contribution in [0.3, 0.4) is 0 Å². The van der Waals surface area contributed by atoms with Crippen molar-refractivity contribution in [2.75, 3.05) is 14.2 Å². The summed E-state index contributed by atoms with van der Waals surface area (Å²) in [5.74, 6) is -0.552. The normalized spacial score (nSPS) is 10.3. The molecule has 6 heteroatoms. The van der Waals surface area contributed by atoms with Crippen LogP contribution in [-0.4, -0.2) is 20.0 Å². The lowest BCUT2D eigenvalue weighted by Gasteiger charge is -2.11. The quantitative estimate of drug-likeness (QED) is 0.781. The molecule has 0 aliphatic rings. The maximum absolute atomic E-state index is 13.8. The Balaban J connectivity index is 2.53. The number of carbonyl (C=O) groups excluding carboxylic acids is 1. The van der Waals surface area contributed by atoms with Gasteiger partial charge in [0.25, 0.3) is 0 Å². The lowest BCUT2D eigenvalue weighted by atomic mass is 10.0. The Kier molecular flexibility index (Phi) is 4.70. The second kappa shape index (κ2) is 6.33. The van der Waals surface area contributed by atoms with Crippen molar-refractivity contribution in [3.63, 3.8) is 0 Å². The van der Waals surface area contributed by atoms with E-state index in [1.54, 1.807) is 0 Å². The molecule has 0 aromatic heterocycles. The molecule has 2 aromatic carbocycles. The number of methoxy groups -OCH3 is 2. The van der Waals surface area contributed by atoms with Crippen LogP contribution in [0.4, 0.5) is 4.39 Å². The lowest BCUT2D eigenvalue weighted by molar-refractivity contribution is 0.103. The first-order valence-electron chi connectivity index (χ1n) is 5.89. The fourth-order valence-electron chi connectivity index (χ4n) is 1.85. The molecule has 0 saturated carbocycles. The van der Waals surface area contributed by atoms with Gasteiger partial charge in [-0.05, 0) is 24.3 Å². The Morgan fingerprint density at radius 1 is 1.00 bits per heavy atom. The number of hydrogen-bond acceptors (Lipinski definition) is 3. The smallest absolute Gasteiger partial charge is 0.197 e. The Labute approximate surface area is 131 Å². The monoisotopic (exact) mass is 328 g/mol. The molecule has 0 aliphatic carbocycles. The standard InChI is InChI=1S/C15H11Cl2FO3/c1-20-13-6-10(11(17)7-14(13)21-2)15(19)9-4-3-8(16)5-12(9)18/h3-7H,1-2H3. The van der Waals surface area contributed by atoms with Gasteiger partial charge >= 0.3 is 0 Å². The van der Waals surface area contributed by atoms with Crippen molar-refractivity contribution in [3.05, 3.63) is 57.3 Å². The van der Waals surface area contributed by atoms with E-state index in [2.05, 4.69) is 0 Å². The van der Waals surface area contributed by atoms with E-state index in [1.807, 2.05) is 0 Å². The van der Waals surface area contributed by atoms with E-state index in [9.17, 15) is 9.18 Å². The minimum atomic E-state index is -0.710. The maximum Gasteiger partial charge on any atom is 0.197 e. The van der Waals surface area contributed by atoms with Gasteiger partial charge in [-0.2, -0.15) is 0 Å². The van der Waals surface area contributed by atoms with E-state index in [0.29, 0.717) is 11.5 Å². The zero-order valence-corrected chi connectivity index (χ0v) is 12.8. The van der Waals surface area contributed by atoms with Gasteiger partial charge in [0.2, 0.25) is 0 Å². The minimum absolute atomic E-state index is 0.117. The molecule has 0 radical (unpaired) electrons. The topological polar surface area (TPSA) is 35.5 Å². The molecule has 2 rings (SSSR count). The summed E-state index contributed by atoms with van der Waals surface area (Å²) in [6.45, 7) is 0. The van der Waals surface area contributed by atoms with Crippen LogP contribution in [0.25, 0.3) is 0 Å². The number of halogens is 3. The first-order chi connectivity index (χ1) is 9.97. The Morgan fingerprint density at radius 2 is 1.62 bits per heavy atom. The molecule has 0 amide bonds. The van der Waals surface area contributed by atoms with Crippen LogP contribution in [0.15, 0.2) is 30.3 Å². The van der Waals surface area contributed by atoms with Crippen molar-refractivity contribution in [2.45, 2.75) is 0 Å². The van der Waals surface area contributed by atoms with Crippen LogP contribution >= 0.6 is 23.2 Å². The summed E-state index contributed by atoms with van der Waals surface area (Å²) in [6, 6.07) is 6.68. The highest BCUT2D eigenvalue weighted by molar-refractivity contribution is 6.35. The van der Waals surface area contributed by atoms with Crippen molar-refractivity contribution in [1.29, 1.82) is 0 Å². The average molecular weight is 329 g/mol. The third-order valence-corrected chi connectivity index (χ3v) is 3.44. The molecule has 110 valence electrons. The summed E-state index contributed by atoms with van der Waals surface area (Å²) in [5.41, 5.74) is 0.00376. The van der Waals surface area contributed by atoms with E-state index in [-0.39, 0.29) is 21.2 Å². The zero-order chi connectivity index (χ0) is 15.6. The number of benzene rings is 2. The van der Waals surface area contributed by atoms with Crippen molar-refractivity contribution in [1.82, 2.24) is 0 Å². The molecule has 3 nitrogen and oxygen atoms in total. The molecule has 0 bridgehead atoms. The molecule has 0 saturated heterocycles. The third kappa shape index (κ3) is 3.12. The summed E-state index contributed by atoms with van der Waals surface area (Å²) in [5, 5.41) is 0.356. The van der Waals surface area contributed by atoms with Crippen LogP contribution in [0.5, 0.6) is 11.5 Å². The fraction of sp³-hybridized carbons (Fsp3) is 0.133. The zero-order valence-electron chi connectivity index (χ0n) is 11.2. The second-order valence-electron chi connectivity index (χ2n) is 4.14. The first-order valence-corrected chi connectivity index (χ1v) is 6.64. The van der Waals surface area contributed by atoms with E-state index in [4.69, 9.17) is 32.7 Å². The Morgan fingerprint density at radius 3 is 2.19 bits per heavy atom. The average Bonchev–Trinajstić information content (AvgIpc) is 2.46. The molecule has 0 fully saturated rings. The van der Waals surface area contributed by atoms with Gasteiger partial charge in [-0.3, -0.25) is 4.79 Å². The number of ketones is 1. The van der Waals surface area contributed by atoms with Crippen molar-refractivity contribution < 1.29 is 18.7 Å². The van der Waals surface area contributed by atoms with Crippen LogP contribution in [-0.2, 0) is 0 Å². The number of carbonyl (C=O) groups is 1. The molecule has 0 atom stereocenters. The van der Waals surface area contributed by atoms with E-state index in [0.717, 1.165) is 6.07 Å². The second-order valence-corrected chi connectivity index (χ2v) is 4.98. The van der Waals surface area contributed by atoms with Gasteiger partial charge < -0.3 is 9.47 Å². The SMILES string of the molecule is COc1cc(Cl)c(C(=O)c2ccc(Cl)cc2F)cc1OC. The predicted molar refractivity (Wildman–Crippen MR) is 79.4 cm³/mol. The molecular weight excluding hydrogens is 318 g/mol. The van der Waals surface area contributed by atoms with E-state index >= 15 is 0 Å². The van der Waals surface area contributed by atoms with Gasteiger partial charge in [-0.1, -0.05) is 23.2 Å².